The average Bonchev–Trinajstić information content (AvgIpc) is 2.91. The first-order chi connectivity index (χ1) is 9.10. The van der Waals surface area contributed by atoms with Crippen molar-refractivity contribution in [2.75, 3.05) is 18.5 Å². The maximum atomic E-state index is 10.9. The van der Waals surface area contributed by atoms with Gasteiger partial charge in [-0.25, -0.2) is 0 Å². The van der Waals surface area contributed by atoms with Crippen molar-refractivity contribution in [3.63, 3.8) is 0 Å². The molecule has 3 heteroatoms. The normalized spacial score (nSPS) is 17.6. The summed E-state index contributed by atoms with van der Waals surface area (Å²) in [6.45, 7) is 5.24. The van der Waals surface area contributed by atoms with Gasteiger partial charge in [0.15, 0.2) is 6.29 Å². The lowest BCUT2D eigenvalue weighted by Gasteiger charge is -2.16. The monoisotopic (exact) mass is 254 g/mol. The highest BCUT2D eigenvalue weighted by molar-refractivity contribution is 5.77. The molecule has 98 valence electrons. The molecule has 0 radical (unpaired) electrons. The summed E-state index contributed by atoms with van der Waals surface area (Å²) >= 11 is 0. The molecule has 1 N–H and O–H groups in total. The van der Waals surface area contributed by atoms with Crippen LogP contribution in [0.2, 0.25) is 0 Å². The lowest BCUT2D eigenvalue weighted by Crippen LogP contribution is -2.17. The van der Waals surface area contributed by atoms with Gasteiger partial charge in [-0.05, 0) is 31.0 Å². The van der Waals surface area contributed by atoms with Gasteiger partial charge in [0.2, 0.25) is 0 Å². The van der Waals surface area contributed by atoms with Crippen molar-refractivity contribution in [3.05, 3.63) is 52.2 Å². The molecule has 19 heavy (non-hydrogen) atoms. The van der Waals surface area contributed by atoms with Gasteiger partial charge in [-0.15, -0.1) is 0 Å². The number of rotatable bonds is 2. The first-order valence-corrected chi connectivity index (χ1v) is 6.56. The summed E-state index contributed by atoms with van der Waals surface area (Å²) in [4.78, 5) is 16.3. The molecule has 1 aromatic carbocycles. The van der Waals surface area contributed by atoms with Gasteiger partial charge in [-0.1, -0.05) is 23.8 Å². The van der Waals surface area contributed by atoms with Gasteiger partial charge in [-0.3, -0.25) is 4.79 Å². The molecule has 0 aliphatic carbocycles. The number of nitrogens with zero attached hydrogens (tertiary/aromatic N) is 1. The van der Waals surface area contributed by atoms with Crippen LogP contribution in [0.4, 0.5) is 5.82 Å². The Kier molecular flexibility index (Phi) is 2.70. The molecule has 1 aliphatic rings. The van der Waals surface area contributed by atoms with Crippen molar-refractivity contribution in [3.8, 4) is 0 Å². The van der Waals surface area contributed by atoms with E-state index in [9.17, 15) is 4.79 Å². The van der Waals surface area contributed by atoms with E-state index in [0.29, 0.717) is 11.6 Å². The minimum absolute atomic E-state index is 0.352. The largest absolute Gasteiger partial charge is 0.360 e. The number of fused-ring (bicyclic) bond motifs is 1. The van der Waals surface area contributed by atoms with E-state index >= 15 is 0 Å². The minimum atomic E-state index is 0.352. The van der Waals surface area contributed by atoms with Crippen molar-refractivity contribution in [1.82, 2.24) is 4.98 Å². The number of aromatic nitrogens is 1. The molecule has 2 aromatic rings. The summed E-state index contributed by atoms with van der Waals surface area (Å²) in [5, 5.41) is 0. The van der Waals surface area contributed by atoms with E-state index in [4.69, 9.17) is 0 Å². The van der Waals surface area contributed by atoms with E-state index < -0.39 is 0 Å². The van der Waals surface area contributed by atoms with Crippen molar-refractivity contribution in [2.24, 2.45) is 0 Å². The van der Waals surface area contributed by atoms with Crippen LogP contribution in [-0.4, -0.2) is 24.9 Å². The highest BCUT2D eigenvalue weighted by Crippen LogP contribution is 2.40. The van der Waals surface area contributed by atoms with Crippen molar-refractivity contribution in [1.29, 1.82) is 0 Å². The van der Waals surface area contributed by atoms with Gasteiger partial charge < -0.3 is 9.88 Å². The second-order valence-electron chi connectivity index (χ2n) is 5.44. The van der Waals surface area contributed by atoms with Crippen LogP contribution in [0, 0.1) is 13.8 Å². The molecule has 1 aromatic heterocycles. The Balaban J connectivity index is 2.08. The number of carbonyl (C=O) groups excluding carboxylic acids is 1. The summed E-state index contributed by atoms with van der Waals surface area (Å²) in [6, 6.07) is 8.58. The van der Waals surface area contributed by atoms with Crippen molar-refractivity contribution >= 4 is 12.1 Å². The molecule has 0 saturated heterocycles. The predicted octanol–water partition coefficient (Wildman–Crippen LogP) is 3.03. The van der Waals surface area contributed by atoms with Gasteiger partial charge in [0.1, 0.15) is 5.82 Å². The molecule has 1 aliphatic heterocycles. The van der Waals surface area contributed by atoms with Gasteiger partial charge in [-0.2, -0.15) is 0 Å². The maximum Gasteiger partial charge on any atom is 0.166 e. The molecule has 0 saturated carbocycles. The van der Waals surface area contributed by atoms with Crippen LogP contribution in [0.15, 0.2) is 24.3 Å². The van der Waals surface area contributed by atoms with Crippen LogP contribution in [0.3, 0.4) is 0 Å². The van der Waals surface area contributed by atoms with E-state index in [1.807, 2.05) is 6.07 Å². The zero-order chi connectivity index (χ0) is 13.6. The topological polar surface area (TPSA) is 36.1 Å². The third-order valence-corrected chi connectivity index (χ3v) is 3.99. The Hall–Kier alpha value is -2.03. The third kappa shape index (κ3) is 1.86. The number of carbonyl (C=O) groups is 1. The highest BCUT2D eigenvalue weighted by Gasteiger charge is 2.30. The first kappa shape index (κ1) is 12.0. The van der Waals surface area contributed by atoms with Crippen LogP contribution in [-0.2, 0) is 0 Å². The average molecular weight is 254 g/mol. The number of aromatic amines is 1. The SMILES string of the molecule is Cc1ccc(C2CN(C)c3[nH]c(C=O)cc32)c(C)c1. The summed E-state index contributed by atoms with van der Waals surface area (Å²) in [5.41, 5.74) is 5.85. The summed E-state index contributed by atoms with van der Waals surface area (Å²) in [5.74, 6) is 1.43. The van der Waals surface area contributed by atoms with E-state index in [1.54, 1.807) is 0 Å². The first-order valence-electron chi connectivity index (χ1n) is 6.56. The molecule has 3 nitrogen and oxygen atoms in total. The Morgan fingerprint density at radius 3 is 2.74 bits per heavy atom. The van der Waals surface area contributed by atoms with E-state index in [0.717, 1.165) is 18.6 Å². The van der Waals surface area contributed by atoms with E-state index in [-0.39, 0.29) is 0 Å². The van der Waals surface area contributed by atoms with Crippen LogP contribution in [0.1, 0.15) is 38.7 Å². The van der Waals surface area contributed by atoms with Gasteiger partial charge in [0, 0.05) is 25.1 Å². The Labute approximate surface area is 113 Å². The Morgan fingerprint density at radius 2 is 2.05 bits per heavy atom. The zero-order valence-corrected chi connectivity index (χ0v) is 11.5. The molecule has 1 unspecified atom stereocenters. The summed E-state index contributed by atoms with van der Waals surface area (Å²) in [7, 11) is 2.06. The van der Waals surface area contributed by atoms with Crippen LogP contribution in [0.25, 0.3) is 0 Å². The number of aldehydes is 1. The second-order valence-corrected chi connectivity index (χ2v) is 5.44. The summed E-state index contributed by atoms with van der Waals surface area (Å²) in [6.07, 6.45) is 0.880. The van der Waals surface area contributed by atoms with Crippen molar-refractivity contribution in [2.45, 2.75) is 19.8 Å². The molecule has 0 bridgehead atoms. The Morgan fingerprint density at radius 1 is 1.26 bits per heavy atom. The van der Waals surface area contributed by atoms with Crippen LogP contribution >= 0.6 is 0 Å². The molecule has 3 rings (SSSR count). The number of anilines is 1. The van der Waals surface area contributed by atoms with E-state index in [1.165, 1.54) is 22.3 Å². The Bertz CT molecular complexity index is 642. The highest BCUT2D eigenvalue weighted by atomic mass is 16.1. The fourth-order valence-electron chi connectivity index (χ4n) is 3.07. The lowest BCUT2D eigenvalue weighted by molar-refractivity contribution is 0.111. The summed E-state index contributed by atoms with van der Waals surface area (Å²) < 4.78 is 0. The fourth-order valence-corrected chi connectivity index (χ4v) is 3.07. The van der Waals surface area contributed by atoms with Gasteiger partial charge in [0.05, 0.1) is 5.69 Å². The van der Waals surface area contributed by atoms with Crippen molar-refractivity contribution < 1.29 is 4.79 Å². The standard InChI is InChI=1S/C16H18N2O/c1-10-4-5-13(11(2)6-10)15-8-18(3)16-14(15)7-12(9-19)17-16/h4-7,9,15,17H,8H2,1-3H3. The maximum absolute atomic E-state index is 10.9. The van der Waals surface area contributed by atoms with Crippen LogP contribution < -0.4 is 4.90 Å². The molecule has 0 amide bonds. The van der Waals surface area contributed by atoms with E-state index in [2.05, 4.69) is 49.0 Å². The third-order valence-electron chi connectivity index (χ3n) is 3.99. The van der Waals surface area contributed by atoms with Crippen LogP contribution in [0.5, 0.6) is 0 Å². The number of hydrogen-bond donors (Lipinski definition) is 1. The molecular formula is C16H18N2O. The smallest absolute Gasteiger partial charge is 0.166 e. The number of H-pyrrole nitrogens is 1. The second kappa shape index (κ2) is 4.26. The quantitative estimate of drug-likeness (QED) is 0.836. The predicted molar refractivity (Wildman–Crippen MR) is 77.2 cm³/mol. The number of likely N-dealkylation sites (N-methyl/N-ethyl adjacent to an activating group) is 1. The lowest BCUT2D eigenvalue weighted by atomic mass is 9.90. The molecule has 0 spiro atoms. The van der Waals surface area contributed by atoms with Gasteiger partial charge in [0.25, 0.3) is 0 Å². The molecule has 2 heterocycles. The fraction of sp³-hybridized carbons (Fsp3) is 0.312. The zero-order valence-electron chi connectivity index (χ0n) is 11.5. The number of benzene rings is 1. The minimum Gasteiger partial charge on any atom is -0.360 e. The number of nitrogens with one attached hydrogen (secondary N) is 1. The molecule has 0 fully saturated rings. The number of aryl methyl sites for hydroxylation is 2. The number of hydrogen-bond acceptors (Lipinski definition) is 2. The molecular weight excluding hydrogens is 236 g/mol. The molecule has 1 atom stereocenters. The van der Waals surface area contributed by atoms with Gasteiger partial charge >= 0.3 is 0 Å².